The summed E-state index contributed by atoms with van der Waals surface area (Å²) in [6.45, 7) is 4.60. The van der Waals surface area contributed by atoms with E-state index >= 15 is 0 Å². The van der Waals surface area contributed by atoms with Crippen molar-refractivity contribution in [3.8, 4) is 0 Å². The van der Waals surface area contributed by atoms with Crippen molar-refractivity contribution in [2.75, 3.05) is 23.9 Å². The second-order valence-corrected chi connectivity index (χ2v) is 7.07. The van der Waals surface area contributed by atoms with Crippen molar-refractivity contribution in [3.63, 3.8) is 0 Å². The second kappa shape index (κ2) is 9.28. The number of benzene rings is 2. The number of hydrogen-bond donors (Lipinski definition) is 1. The number of hydrogen-bond acceptors (Lipinski definition) is 3. The maximum absolute atomic E-state index is 12.2. The molecule has 0 unspecified atom stereocenters. The van der Waals surface area contributed by atoms with Crippen LogP contribution in [0.25, 0.3) is 0 Å². The lowest BCUT2D eigenvalue weighted by molar-refractivity contribution is -0.127. The molecular weight excluding hydrogens is 332 g/mol. The molecule has 2 aromatic carbocycles. The summed E-state index contributed by atoms with van der Waals surface area (Å²) >= 11 is 1.33. The fourth-order valence-electron chi connectivity index (χ4n) is 2.39. The summed E-state index contributed by atoms with van der Waals surface area (Å²) in [7, 11) is 1.79. The molecule has 0 aliphatic heterocycles. The second-order valence-electron chi connectivity index (χ2n) is 6.09. The van der Waals surface area contributed by atoms with Crippen LogP contribution >= 0.6 is 11.8 Å². The van der Waals surface area contributed by atoms with Crippen LogP contribution in [0.5, 0.6) is 0 Å². The predicted octanol–water partition coefficient (Wildman–Crippen LogP) is 3.63. The first-order valence-electron chi connectivity index (χ1n) is 8.18. The Morgan fingerprint density at radius 3 is 2.52 bits per heavy atom. The van der Waals surface area contributed by atoms with E-state index < -0.39 is 0 Å². The SMILES string of the molecule is Cc1cccc(NC(=O)CSCC(=O)N(C)Cc2ccccc2C)c1. The molecule has 0 aliphatic carbocycles. The zero-order chi connectivity index (χ0) is 18.2. The summed E-state index contributed by atoms with van der Waals surface area (Å²) in [6.07, 6.45) is 0. The van der Waals surface area contributed by atoms with E-state index in [1.807, 2.05) is 62.4 Å². The highest BCUT2D eigenvalue weighted by molar-refractivity contribution is 8.00. The number of rotatable bonds is 7. The third-order valence-electron chi connectivity index (χ3n) is 3.86. The van der Waals surface area contributed by atoms with Crippen LogP contribution in [0.2, 0.25) is 0 Å². The Labute approximate surface area is 153 Å². The molecule has 0 aliphatic rings. The number of nitrogens with zero attached hydrogens (tertiary/aromatic N) is 1. The van der Waals surface area contributed by atoms with Crippen LogP contribution in [0.15, 0.2) is 48.5 Å². The molecule has 0 atom stereocenters. The maximum atomic E-state index is 12.2. The van der Waals surface area contributed by atoms with Crippen LogP contribution in [0.4, 0.5) is 5.69 Å². The van der Waals surface area contributed by atoms with Crippen LogP contribution in [0.1, 0.15) is 16.7 Å². The molecular formula is C20H24N2O2S. The van der Waals surface area contributed by atoms with E-state index in [0.717, 1.165) is 16.8 Å². The van der Waals surface area contributed by atoms with E-state index in [1.54, 1.807) is 11.9 Å². The highest BCUT2D eigenvalue weighted by Crippen LogP contribution is 2.12. The number of amides is 2. The van der Waals surface area contributed by atoms with Crippen molar-refractivity contribution in [3.05, 3.63) is 65.2 Å². The van der Waals surface area contributed by atoms with Gasteiger partial charge in [0.1, 0.15) is 0 Å². The van der Waals surface area contributed by atoms with Gasteiger partial charge < -0.3 is 10.2 Å². The van der Waals surface area contributed by atoms with Gasteiger partial charge >= 0.3 is 0 Å². The number of carbonyl (C=O) groups is 2. The lowest BCUT2D eigenvalue weighted by atomic mass is 10.1. The number of aryl methyl sites for hydroxylation is 2. The van der Waals surface area contributed by atoms with Crippen molar-refractivity contribution < 1.29 is 9.59 Å². The Balaban J connectivity index is 1.74. The number of nitrogens with one attached hydrogen (secondary N) is 1. The molecule has 0 fully saturated rings. The molecule has 0 saturated carbocycles. The summed E-state index contributed by atoms with van der Waals surface area (Å²) in [4.78, 5) is 25.9. The average Bonchev–Trinajstić information content (AvgIpc) is 2.56. The fraction of sp³-hybridized carbons (Fsp3) is 0.300. The minimum absolute atomic E-state index is 0.0246. The minimum atomic E-state index is -0.0926. The van der Waals surface area contributed by atoms with E-state index in [9.17, 15) is 9.59 Å². The Kier molecular flexibility index (Phi) is 7.07. The van der Waals surface area contributed by atoms with Gasteiger partial charge in [0.25, 0.3) is 0 Å². The molecule has 1 N–H and O–H groups in total. The number of anilines is 1. The van der Waals surface area contributed by atoms with Crippen molar-refractivity contribution in [2.24, 2.45) is 0 Å². The van der Waals surface area contributed by atoms with Gasteiger partial charge in [0.15, 0.2) is 0 Å². The zero-order valence-electron chi connectivity index (χ0n) is 14.9. The Morgan fingerprint density at radius 1 is 1.04 bits per heavy atom. The molecule has 4 nitrogen and oxygen atoms in total. The number of carbonyl (C=O) groups excluding carboxylic acids is 2. The fourth-order valence-corrected chi connectivity index (χ4v) is 3.15. The van der Waals surface area contributed by atoms with Crippen molar-refractivity contribution in [2.45, 2.75) is 20.4 Å². The van der Waals surface area contributed by atoms with Gasteiger partial charge in [0.05, 0.1) is 11.5 Å². The van der Waals surface area contributed by atoms with E-state index in [1.165, 1.54) is 17.3 Å². The summed E-state index contributed by atoms with van der Waals surface area (Å²) in [5.74, 6) is 0.489. The van der Waals surface area contributed by atoms with Crippen LogP contribution in [0, 0.1) is 13.8 Å². The monoisotopic (exact) mass is 356 g/mol. The molecule has 5 heteroatoms. The molecule has 2 aromatic rings. The van der Waals surface area contributed by atoms with Crippen molar-refractivity contribution >= 4 is 29.3 Å². The summed E-state index contributed by atoms with van der Waals surface area (Å²) in [5, 5.41) is 2.85. The summed E-state index contributed by atoms with van der Waals surface area (Å²) in [6, 6.07) is 15.7. The Bertz CT molecular complexity index is 746. The predicted molar refractivity (Wildman–Crippen MR) is 105 cm³/mol. The molecule has 0 aromatic heterocycles. The normalized spacial score (nSPS) is 10.4. The van der Waals surface area contributed by atoms with Gasteiger partial charge in [-0.3, -0.25) is 9.59 Å². The third-order valence-corrected chi connectivity index (χ3v) is 4.77. The van der Waals surface area contributed by atoms with E-state index in [0.29, 0.717) is 12.3 Å². The molecule has 2 rings (SSSR count). The Morgan fingerprint density at radius 2 is 1.80 bits per heavy atom. The van der Waals surface area contributed by atoms with E-state index in [2.05, 4.69) is 5.32 Å². The molecule has 25 heavy (non-hydrogen) atoms. The number of thioether (sulfide) groups is 1. The highest BCUT2D eigenvalue weighted by atomic mass is 32.2. The molecule has 132 valence electrons. The molecule has 2 amide bonds. The largest absolute Gasteiger partial charge is 0.341 e. The third kappa shape index (κ3) is 6.27. The van der Waals surface area contributed by atoms with Crippen LogP contribution in [0.3, 0.4) is 0 Å². The summed E-state index contributed by atoms with van der Waals surface area (Å²) in [5.41, 5.74) is 4.19. The molecule has 0 heterocycles. The Hall–Kier alpha value is -2.27. The lowest BCUT2D eigenvalue weighted by Crippen LogP contribution is -2.28. The smallest absolute Gasteiger partial charge is 0.234 e. The standard InChI is InChI=1S/C20H24N2O2S/c1-15-7-6-10-18(11-15)21-19(23)13-25-14-20(24)22(3)12-17-9-5-4-8-16(17)2/h4-11H,12-14H2,1-3H3,(H,21,23). The molecule has 0 bridgehead atoms. The van der Waals surface area contributed by atoms with Crippen molar-refractivity contribution in [1.29, 1.82) is 0 Å². The van der Waals surface area contributed by atoms with Gasteiger partial charge in [-0.15, -0.1) is 11.8 Å². The quantitative estimate of drug-likeness (QED) is 0.824. The average molecular weight is 356 g/mol. The van der Waals surface area contributed by atoms with E-state index in [4.69, 9.17) is 0 Å². The zero-order valence-corrected chi connectivity index (χ0v) is 15.7. The molecule has 0 spiro atoms. The minimum Gasteiger partial charge on any atom is -0.341 e. The van der Waals surface area contributed by atoms with Crippen LogP contribution in [-0.4, -0.2) is 35.3 Å². The highest BCUT2D eigenvalue weighted by Gasteiger charge is 2.12. The maximum Gasteiger partial charge on any atom is 0.234 e. The molecule has 0 radical (unpaired) electrons. The van der Waals surface area contributed by atoms with Gasteiger partial charge in [-0.05, 0) is 42.7 Å². The van der Waals surface area contributed by atoms with Crippen LogP contribution < -0.4 is 5.32 Å². The topological polar surface area (TPSA) is 49.4 Å². The first kappa shape index (κ1) is 19.1. The lowest BCUT2D eigenvalue weighted by Gasteiger charge is -2.18. The van der Waals surface area contributed by atoms with Gasteiger partial charge in [0, 0.05) is 19.3 Å². The first-order chi connectivity index (χ1) is 12.0. The van der Waals surface area contributed by atoms with Gasteiger partial charge in [0.2, 0.25) is 11.8 Å². The van der Waals surface area contributed by atoms with Crippen LogP contribution in [-0.2, 0) is 16.1 Å². The molecule has 0 saturated heterocycles. The summed E-state index contributed by atoms with van der Waals surface area (Å²) < 4.78 is 0. The van der Waals surface area contributed by atoms with Gasteiger partial charge in [-0.25, -0.2) is 0 Å². The van der Waals surface area contributed by atoms with Gasteiger partial charge in [-0.2, -0.15) is 0 Å². The first-order valence-corrected chi connectivity index (χ1v) is 9.34. The van der Waals surface area contributed by atoms with Gasteiger partial charge in [-0.1, -0.05) is 36.4 Å². The van der Waals surface area contributed by atoms with E-state index in [-0.39, 0.29) is 17.6 Å². The van der Waals surface area contributed by atoms with Crippen molar-refractivity contribution in [1.82, 2.24) is 4.90 Å².